The van der Waals surface area contributed by atoms with Gasteiger partial charge in [-0.05, 0) is 49.4 Å². The van der Waals surface area contributed by atoms with Gasteiger partial charge in [0.2, 0.25) is 15.9 Å². The van der Waals surface area contributed by atoms with E-state index in [-0.39, 0.29) is 17.2 Å². The molecule has 3 aromatic rings. The molecule has 5 nitrogen and oxygen atoms in total. The summed E-state index contributed by atoms with van der Waals surface area (Å²) >= 11 is 0. The van der Waals surface area contributed by atoms with E-state index in [1.807, 2.05) is 79.7 Å². The van der Waals surface area contributed by atoms with Gasteiger partial charge in [-0.1, -0.05) is 78.4 Å². The highest BCUT2D eigenvalue weighted by molar-refractivity contribution is 7.89. The van der Waals surface area contributed by atoms with Crippen molar-refractivity contribution in [3.05, 3.63) is 101 Å². The Bertz CT molecular complexity index is 1120. The second-order valence-electron chi connectivity index (χ2n) is 7.79. The first-order valence-corrected chi connectivity index (χ1v) is 11.7. The standard InChI is InChI=1S/C25H28N2O3S/c1-18-14-19(2)24(20(3)15-18)31(29,30)27-23(16-21-10-6-4-7-11-21)25(28)26-17-22-12-8-5-9-13-22/h4-15,23,27H,16-17H2,1-3H3,(H,26,28)/t23-/m1/s1. The van der Waals surface area contributed by atoms with E-state index >= 15 is 0 Å². The number of nitrogens with one attached hydrogen (secondary N) is 2. The number of carbonyl (C=O) groups is 1. The second kappa shape index (κ2) is 9.90. The average Bonchev–Trinajstić information content (AvgIpc) is 2.72. The Kier molecular flexibility index (Phi) is 7.25. The predicted molar refractivity (Wildman–Crippen MR) is 123 cm³/mol. The van der Waals surface area contributed by atoms with Crippen LogP contribution in [0, 0.1) is 20.8 Å². The molecule has 0 bridgehead atoms. The van der Waals surface area contributed by atoms with Crippen molar-refractivity contribution in [2.24, 2.45) is 0 Å². The lowest BCUT2D eigenvalue weighted by atomic mass is 10.1. The van der Waals surface area contributed by atoms with Gasteiger partial charge in [0.1, 0.15) is 6.04 Å². The third-order valence-electron chi connectivity index (χ3n) is 5.08. The molecule has 0 aliphatic carbocycles. The van der Waals surface area contributed by atoms with E-state index in [0.717, 1.165) is 16.7 Å². The van der Waals surface area contributed by atoms with Crippen LogP contribution in [0.3, 0.4) is 0 Å². The summed E-state index contributed by atoms with van der Waals surface area (Å²) < 4.78 is 29.2. The fraction of sp³-hybridized carbons (Fsp3) is 0.240. The smallest absolute Gasteiger partial charge is 0.241 e. The van der Waals surface area contributed by atoms with Gasteiger partial charge < -0.3 is 5.32 Å². The van der Waals surface area contributed by atoms with Gasteiger partial charge in [0.05, 0.1) is 4.90 Å². The number of carbonyl (C=O) groups excluding carboxylic acids is 1. The molecule has 0 saturated heterocycles. The molecule has 0 heterocycles. The zero-order valence-corrected chi connectivity index (χ0v) is 18.9. The van der Waals surface area contributed by atoms with Crippen LogP contribution in [0.4, 0.5) is 0 Å². The maximum atomic E-state index is 13.3. The van der Waals surface area contributed by atoms with E-state index in [9.17, 15) is 13.2 Å². The first-order chi connectivity index (χ1) is 14.8. The molecule has 0 fully saturated rings. The van der Waals surface area contributed by atoms with E-state index in [0.29, 0.717) is 17.7 Å². The number of hydrogen-bond acceptors (Lipinski definition) is 3. The maximum absolute atomic E-state index is 13.3. The molecule has 1 amide bonds. The summed E-state index contributed by atoms with van der Waals surface area (Å²) in [5, 5.41) is 2.87. The molecule has 162 valence electrons. The molecule has 0 aliphatic heterocycles. The van der Waals surface area contributed by atoms with Gasteiger partial charge in [0.25, 0.3) is 0 Å². The average molecular weight is 437 g/mol. The van der Waals surface area contributed by atoms with Crippen LogP contribution in [0.5, 0.6) is 0 Å². The third kappa shape index (κ3) is 6.03. The Morgan fingerprint density at radius 1 is 0.839 bits per heavy atom. The Morgan fingerprint density at radius 2 is 1.35 bits per heavy atom. The van der Waals surface area contributed by atoms with Crippen molar-refractivity contribution in [2.45, 2.75) is 44.7 Å². The van der Waals surface area contributed by atoms with Crippen molar-refractivity contribution in [2.75, 3.05) is 0 Å². The molecule has 31 heavy (non-hydrogen) atoms. The normalized spacial score (nSPS) is 12.4. The van der Waals surface area contributed by atoms with E-state index < -0.39 is 16.1 Å². The van der Waals surface area contributed by atoms with Crippen molar-refractivity contribution in [1.82, 2.24) is 10.0 Å². The van der Waals surface area contributed by atoms with Gasteiger partial charge in [0, 0.05) is 6.54 Å². The monoisotopic (exact) mass is 436 g/mol. The maximum Gasteiger partial charge on any atom is 0.241 e. The summed E-state index contributed by atoms with van der Waals surface area (Å²) in [5.41, 5.74) is 4.14. The van der Waals surface area contributed by atoms with Gasteiger partial charge in [-0.3, -0.25) is 4.79 Å². The first kappa shape index (κ1) is 22.7. The van der Waals surface area contributed by atoms with Crippen molar-refractivity contribution in [1.29, 1.82) is 0 Å². The zero-order valence-electron chi connectivity index (χ0n) is 18.1. The SMILES string of the molecule is Cc1cc(C)c(S(=O)(=O)N[C@H](Cc2ccccc2)C(=O)NCc2ccccc2)c(C)c1. The molecular formula is C25H28N2O3S. The summed E-state index contributed by atoms with van der Waals surface area (Å²) in [6.45, 7) is 5.81. The van der Waals surface area contributed by atoms with Crippen LogP contribution in [0.2, 0.25) is 0 Å². The summed E-state index contributed by atoms with van der Waals surface area (Å²) in [6.07, 6.45) is 0.255. The van der Waals surface area contributed by atoms with Crippen molar-refractivity contribution >= 4 is 15.9 Å². The van der Waals surface area contributed by atoms with Crippen LogP contribution in [0.15, 0.2) is 77.7 Å². The molecule has 0 spiro atoms. The van der Waals surface area contributed by atoms with Crippen molar-refractivity contribution in [3.63, 3.8) is 0 Å². The molecule has 0 aromatic heterocycles. The Balaban J connectivity index is 1.86. The molecule has 6 heteroatoms. The molecule has 3 aromatic carbocycles. The molecule has 0 saturated carbocycles. The zero-order chi connectivity index (χ0) is 22.4. The lowest BCUT2D eigenvalue weighted by molar-refractivity contribution is -0.122. The number of amides is 1. The summed E-state index contributed by atoms with van der Waals surface area (Å²) in [5.74, 6) is -0.362. The van der Waals surface area contributed by atoms with Gasteiger partial charge in [-0.15, -0.1) is 0 Å². The Hall–Kier alpha value is -2.96. The molecule has 0 radical (unpaired) electrons. The van der Waals surface area contributed by atoms with E-state index in [4.69, 9.17) is 0 Å². The summed E-state index contributed by atoms with van der Waals surface area (Å²) in [7, 11) is -3.90. The molecular weight excluding hydrogens is 408 g/mol. The lowest BCUT2D eigenvalue weighted by Gasteiger charge is -2.20. The van der Waals surface area contributed by atoms with Gasteiger partial charge >= 0.3 is 0 Å². The second-order valence-corrected chi connectivity index (χ2v) is 9.45. The first-order valence-electron chi connectivity index (χ1n) is 10.2. The minimum absolute atomic E-state index is 0.229. The highest BCUT2D eigenvalue weighted by atomic mass is 32.2. The van der Waals surface area contributed by atoms with Crippen LogP contribution in [-0.4, -0.2) is 20.4 Å². The van der Waals surface area contributed by atoms with Crippen molar-refractivity contribution < 1.29 is 13.2 Å². The minimum Gasteiger partial charge on any atom is -0.351 e. The quantitative estimate of drug-likeness (QED) is 0.564. The van der Waals surface area contributed by atoms with Gasteiger partial charge in [-0.2, -0.15) is 4.72 Å². The highest BCUT2D eigenvalue weighted by Gasteiger charge is 2.28. The summed E-state index contributed by atoms with van der Waals surface area (Å²) in [4.78, 5) is 13.2. The highest BCUT2D eigenvalue weighted by Crippen LogP contribution is 2.22. The summed E-state index contributed by atoms with van der Waals surface area (Å²) in [6, 6.07) is 21.7. The largest absolute Gasteiger partial charge is 0.351 e. The number of rotatable bonds is 8. The van der Waals surface area contributed by atoms with Crippen molar-refractivity contribution in [3.8, 4) is 0 Å². The molecule has 1 atom stereocenters. The molecule has 3 rings (SSSR count). The molecule has 0 unspecified atom stereocenters. The number of hydrogen-bond donors (Lipinski definition) is 2. The molecule has 2 N–H and O–H groups in total. The fourth-order valence-electron chi connectivity index (χ4n) is 3.78. The van der Waals surface area contributed by atoms with Gasteiger partial charge in [0.15, 0.2) is 0 Å². The van der Waals surface area contributed by atoms with Gasteiger partial charge in [-0.25, -0.2) is 8.42 Å². The van der Waals surface area contributed by atoms with E-state index in [2.05, 4.69) is 10.0 Å². The topological polar surface area (TPSA) is 75.3 Å². The lowest BCUT2D eigenvalue weighted by Crippen LogP contribution is -2.48. The van der Waals surface area contributed by atoms with Crippen LogP contribution in [0.25, 0.3) is 0 Å². The van der Waals surface area contributed by atoms with Crippen LogP contribution in [0.1, 0.15) is 27.8 Å². The fourth-order valence-corrected chi connectivity index (χ4v) is 5.43. The number of sulfonamides is 1. The third-order valence-corrected chi connectivity index (χ3v) is 6.86. The number of aryl methyl sites for hydroxylation is 3. The van der Waals surface area contributed by atoms with E-state index in [1.165, 1.54) is 0 Å². The minimum atomic E-state index is -3.90. The van der Waals surface area contributed by atoms with Crippen LogP contribution in [-0.2, 0) is 27.8 Å². The Labute approximate surface area is 184 Å². The van der Waals surface area contributed by atoms with Crippen LogP contribution < -0.4 is 10.0 Å². The predicted octanol–water partition coefficient (Wildman–Crippen LogP) is 3.82. The van der Waals surface area contributed by atoms with E-state index in [1.54, 1.807) is 13.8 Å². The Morgan fingerprint density at radius 3 is 1.90 bits per heavy atom. The number of benzene rings is 3. The van der Waals surface area contributed by atoms with Crippen LogP contribution >= 0.6 is 0 Å². The molecule has 0 aliphatic rings.